The van der Waals surface area contributed by atoms with E-state index < -0.39 is 5.67 Å². The first kappa shape index (κ1) is 10.3. The Morgan fingerprint density at radius 2 is 2.40 bits per heavy atom. The summed E-state index contributed by atoms with van der Waals surface area (Å²) in [7, 11) is 0. The fraction of sp³-hybridized carbons (Fsp3) is 0.417. The van der Waals surface area contributed by atoms with E-state index in [0.717, 1.165) is 18.4 Å². The van der Waals surface area contributed by atoms with Crippen LogP contribution in [-0.2, 0) is 6.42 Å². The number of rotatable bonds is 3. The lowest BCUT2D eigenvalue weighted by molar-refractivity contribution is 0.112. The molecule has 1 aliphatic rings. The highest BCUT2D eigenvalue weighted by Crippen LogP contribution is 2.24. The SMILES string of the molecule is O=Cc1cccc(CC2(F)CCNC2)c1. The van der Waals surface area contributed by atoms with Crippen LogP contribution in [0.5, 0.6) is 0 Å². The van der Waals surface area contributed by atoms with Crippen molar-refractivity contribution < 1.29 is 9.18 Å². The molecule has 1 atom stereocenters. The molecule has 1 heterocycles. The van der Waals surface area contributed by atoms with Gasteiger partial charge in [-0.3, -0.25) is 4.79 Å². The van der Waals surface area contributed by atoms with E-state index in [1.165, 1.54) is 0 Å². The average molecular weight is 207 g/mol. The van der Waals surface area contributed by atoms with Gasteiger partial charge in [-0.2, -0.15) is 0 Å². The number of benzene rings is 1. The van der Waals surface area contributed by atoms with Crippen molar-refractivity contribution in [2.45, 2.75) is 18.5 Å². The summed E-state index contributed by atoms with van der Waals surface area (Å²) < 4.78 is 14.1. The quantitative estimate of drug-likeness (QED) is 0.765. The van der Waals surface area contributed by atoms with Gasteiger partial charge in [0.2, 0.25) is 0 Å². The van der Waals surface area contributed by atoms with Crippen molar-refractivity contribution in [1.82, 2.24) is 5.32 Å². The fourth-order valence-corrected chi connectivity index (χ4v) is 2.01. The van der Waals surface area contributed by atoms with Gasteiger partial charge in [-0.1, -0.05) is 18.2 Å². The van der Waals surface area contributed by atoms with E-state index in [2.05, 4.69) is 5.32 Å². The maximum atomic E-state index is 14.1. The second-order valence-corrected chi connectivity index (χ2v) is 4.12. The number of aldehydes is 1. The minimum absolute atomic E-state index is 0.391. The second-order valence-electron chi connectivity index (χ2n) is 4.12. The third-order valence-corrected chi connectivity index (χ3v) is 2.80. The third-order valence-electron chi connectivity index (χ3n) is 2.80. The van der Waals surface area contributed by atoms with Gasteiger partial charge in [-0.15, -0.1) is 0 Å². The maximum absolute atomic E-state index is 14.1. The van der Waals surface area contributed by atoms with Gasteiger partial charge in [0.05, 0.1) is 0 Å². The van der Waals surface area contributed by atoms with E-state index in [4.69, 9.17) is 0 Å². The molecular formula is C12H14FNO. The molecule has 0 saturated carbocycles. The van der Waals surface area contributed by atoms with Crippen LogP contribution in [-0.4, -0.2) is 25.0 Å². The van der Waals surface area contributed by atoms with Crippen LogP contribution in [0.2, 0.25) is 0 Å². The average Bonchev–Trinajstić information content (AvgIpc) is 2.65. The molecule has 1 aliphatic heterocycles. The molecule has 15 heavy (non-hydrogen) atoms. The summed E-state index contributed by atoms with van der Waals surface area (Å²) in [5, 5.41) is 3.02. The first-order valence-electron chi connectivity index (χ1n) is 5.16. The highest BCUT2D eigenvalue weighted by Gasteiger charge is 2.33. The minimum Gasteiger partial charge on any atom is -0.313 e. The number of hydrogen-bond acceptors (Lipinski definition) is 2. The van der Waals surface area contributed by atoms with Gasteiger partial charge < -0.3 is 5.32 Å². The van der Waals surface area contributed by atoms with E-state index in [1.54, 1.807) is 18.2 Å². The predicted molar refractivity (Wildman–Crippen MR) is 56.9 cm³/mol. The normalized spacial score (nSPS) is 25.4. The van der Waals surface area contributed by atoms with Gasteiger partial charge in [0, 0.05) is 18.5 Å². The summed E-state index contributed by atoms with van der Waals surface area (Å²) in [4.78, 5) is 10.6. The Balaban J connectivity index is 2.12. The molecule has 0 aromatic heterocycles. The molecule has 1 N–H and O–H groups in total. The zero-order valence-corrected chi connectivity index (χ0v) is 8.50. The van der Waals surface area contributed by atoms with E-state index in [1.807, 2.05) is 6.07 Å². The van der Waals surface area contributed by atoms with Crippen molar-refractivity contribution in [3.63, 3.8) is 0 Å². The van der Waals surface area contributed by atoms with Gasteiger partial charge in [-0.05, 0) is 24.6 Å². The summed E-state index contributed by atoms with van der Waals surface area (Å²) in [5.74, 6) is 0. The Bertz CT molecular complexity index is 358. The molecule has 1 aromatic carbocycles. The Hall–Kier alpha value is -1.22. The topological polar surface area (TPSA) is 29.1 Å². The summed E-state index contributed by atoms with van der Waals surface area (Å²) in [6.07, 6.45) is 1.74. The Morgan fingerprint density at radius 3 is 3.07 bits per heavy atom. The molecule has 0 radical (unpaired) electrons. The second kappa shape index (κ2) is 4.11. The van der Waals surface area contributed by atoms with Crippen molar-refractivity contribution in [3.05, 3.63) is 35.4 Å². The number of nitrogens with one attached hydrogen (secondary N) is 1. The standard InChI is InChI=1S/C12H14FNO/c13-12(4-5-14-9-12)7-10-2-1-3-11(6-10)8-15/h1-3,6,8,14H,4-5,7,9H2. The van der Waals surface area contributed by atoms with Crippen LogP contribution < -0.4 is 5.32 Å². The molecule has 2 rings (SSSR count). The Kier molecular flexibility index (Phi) is 2.82. The molecule has 1 fully saturated rings. The zero-order chi connectivity index (χ0) is 10.7. The van der Waals surface area contributed by atoms with E-state index >= 15 is 0 Å². The largest absolute Gasteiger partial charge is 0.313 e. The molecule has 1 unspecified atom stereocenters. The third kappa shape index (κ3) is 2.42. The van der Waals surface area contributed by atoms with Crippen molar-refractivity contribution in [2.75, 3.05) is 13.1 Å². The lowest BCUT2D eigenvalue weighted by atomic mass is 9.95. The fourth-order valence-electron chi connectivity index (χ4n) is 2.01. The number of hydrogen-bond donors (Lipinski definition) is 1. The van der Waals surface area contributed by atoms with E-state index in [-0.39, 0.29) is 0 Å². The first-order chi connectivity index (χ1) is 7.22. The number of halogens is 1. The summed E-state index contributed by atoms with van der Waals surface area (Å²) in [6.45, 7) is 1.15. The molecule has 1 saturated heterocycles. The van der Waals surface area contributed by atoms with E-state index in [0.29, 0.717) is 24.9 Å². The molecule has 0 spiro atoms. The van der Waals surface area contributed by atoms with Crippen LogP contribution in [0.25, 0.3) is 0 Å². The summed E-state index contributed by atoms with van der Waals surface area (Å²) in [6, 6.07) is 7.15. The highest BCUT2D eigenvalue weighted by molar-refractivity contribution is 5.74. The smallest absolute Gasteiger partial charge is 0.150 e. The number of alkyl halides is 1. The maximum Gasteiger partial charge on any atom is 0.150 e. The van der Waals surface area contributed by atoms with Gasteiger partial charge in [0.15, 0.2) is 0 Å². The monoisotopic (exact) mass is 207 g/mol. The summed E-state index contributed by atoms with van der Waals surface area (Å²) in [5.41, 5.74) is 0.370. The zero-order valence-electron chi connectivity index (χ0n) is 8.50. The van der Waals surface area contributed by atoms with Gasteiger partial charge in [0.25, 0.3) is 0 Å². The van der Waals surface area contributed by atoms with Crippen molar-refractivity contribution in [3.8, 4) is 0 Å². The minimum atomic E-state index is -1.14. The van der Waals surface area contributed by atoms with Gasteiger partial charge in [-0.25, -0.2) is 4.39 Å². The molecule has 3 heteroatoms. The number of carbonyl (C=O) groups excluding carboxylic acids is 1. The number of carbonyl (C=O) groups is 1. The molecule has 2 nitrogen and oxygen atoms in total. The predicted octanol–water partition coefficient (Wildman–Crippen LogP) is 1.74. The van der Waals surface area contributed by atoms with Crippen LogP contribution in [0.4, 0.5) is 4.39 Å². The van der Waals surface area contributed by atoms with Gasteiger partial charge in [0.1, 0.15) is 12.0 Å². The molecule has 80 valence electrons. The van der Waals surface area contributed by atoms with Crippen LogP contribution in [0.15, 0.2) is 24.3 Å². The molecule has 0 amide bonds. The Labute approximate surface area is 88.5 Å². The first-order valence-corrected chi connectivity index (χ1v) is 5.16. The van der Waals surface area contributed by atoms with Crippen molar-refractivity contribution >= 4 is 6.29 Å². The van der Waals surface area contributed by atoms with Crippen LogP contribution >= 0.6 is 0 Å². The van der Waals surface area contributed by atoms with Crippen molar-refractivity contribution in [2.24, 2.45) is 0 Å². The van der Waals surface area contributed by atoms with E-state index in [9.17, 15) is 9.18 Å². The molecule has 0 aliphatic carbocycles. The van der Waals surface area contributed by atoms with Crippen LogP contribution in [0, 0.1) is 0 Å². The van der Waals surface area contributed by atoms with Crippen LogP contribution in [0.3, 0.4) is 0 Å². The molecule has 1 aromatic rings. The lowest BCUT2D eigenvalue weighted by Crippen LogP contribution is -2.28. The molecule has 0 bridgehead atoms. The van der Waals surface area contributed by atoms with Crippen LogP contribution in [0.1, 0.15) is 22.3 Å². The molecular weight excluding hydrogens is 193 g/mol. The highest BCUT2D eigenvalue weighted by atomic mass is 19.1. The lowest BCUT2D eigenvalue weighted by Gasteiger charge is -2.17. The Morgan fingerprint density at radius 1 is 1.53 bits per heavy atom. The summed E-state index contributed by atoms with van der Waals surface area (Å²) >= 11 is 0. The van der Waals surface area contributed by atoms with Gasteiger partial charge >= 0.3 is 0 Å². The van der Waals surface area contributed by atoms with Crippen molar-refractivity contribution in [1.29, 1.82) is 0 Å².